The first-order valence-electron chi connectivity index (χ1n) is 6.50. The van der Waals surface area contributed by atoms with Crippen LogP contribution in [0.15, 0.2) is 30.3 Å². The predicted octanol–water partition coefficient (Wildman–Crippen LogP) is 2.41. The minimum absolute atomic E-state index is 0.216. The summed E-state index contributed by atoms with van der Waals surface area (Å²) in [5.74, 6) is -1.37. The summed E-state index contributed by atoms with van der Waals surface area (Å²) in [7, 11) is 0. The lowest BCUT2D eigenvalue weighted by Crippen LogP contribution is -2.43. The molecule has 0 saturated carbocycles. The maximum Gasteiger partial charge on any atom is 0.326 e. The molecule has 19 heavy (non-hydrogen) atoms. The molecule has 0 saturated heterocycles. The van der Waals surface area contributed by atoms with Gasteiger partial charge in [-0.2, -0.15) is 0 Å². The Bertz CT molecular complexity index is 428. The van der Waals surface area contributed by atoms with Gasteiger partial charge >= 0.3 is 5.97 Å². The third kappa shape index (κ3) is 4.73. The molecule has 1 amide bonds. The number of carbonyl (C=O) groups is 2. The number of benzene rings is 1. The van der Waals surface area contributed by atoms with Crippen LogP contribution in [0.5, 0.6) is 0 Å². The van der Waals surface area contributed by atoms with Crippen LogP contribution in [0.25, 0.3) is 0 Å². The van der Waals surface area contributed by atoms with Crippen LogP contribution in [0.1, 0.15) is 38.7 Å². The van der Waals surface area contributed by atoms with E-state index >= 15 is 0 Å². The number of carboxylic acid groups (broad SMARTS) is 1. The normalized spacial score (nSPS) is 13.9. The summed E-state index contributed by atoms with van der Waals surface area (Å²) in [6, 6.07) is 8.51. The van der Waals surface area contributed by atoms with Gasteiger partial charge in [0.2, 0.25) is 5.91 Å². The minimum atomic E-state index is -0.984. The second kappa shape index (κ2) is 6.92. The topological polar surface area (TPSA) is 66.4 Å². The van der Waals surface area contributed by atoms with Crippen molar-refractivity contribution in [2.75, 3.05) is 0 Å². The highest BCUT2D eigenvalue weighted by atomic mass is 16.4. The van der Waals surface area contributed by atoms with Crippen LogP contribution in [0.3, 0.4) is 0 Å². The van der Waals surface area contributed by atoms with E-state index in [2.05, 4.69) is 5.32 Å². The Labute approximate surface area is 113 Å². The molecule has 0 aliphatic carbocycles. The fraction of sp³-hybridized carbons (Fsp3) is 0.467. The van der Waals surface area contributed by atoms with Gasteiger partial charge in [0, 0.05) is 0 Å². The van der Waals surface area contributed by atoms with Crippen LogP contribution >= 0.6 is 0 Å². The van der Waals surface area contributed by atoms with Crippen LogP contribution in [0, 0.1) is 5.92 Å². The Morgan fingerprint density at radius 1 is 1.16 bits per heavy atom. The zero-order valence-corrected chi connectivity index (χ0v) is 11.6. The first kappa shape index (κ1) is 15.2. The van der Waals surface area contributed by atoms with Crippen molar-refractivity contribution in [2.24, 2.45) is 5.92 Å². The van der Waals surface area contributed by atoms with Gasteiger partial charge in [-0.3, -0.25) is 4.79 Å². The molecule has 0 spiro atoms. The van der Waals surface area contributed by atoms with E-state index in [1.165, 1.54) is 0 Å². The van der Waals surface area contributed by atoms with Crippen molar-refractivity contribution in [2.45, 2.75) is 39.2 Å². The highest BCUT2D eigenvalue weighted by Crippen LogP contribution is 2.15. The zero-order chi connectivity index (χ0) is 14.4. The first-order chi connectivity index (χ1) is 8.91. The Morgan fingerprint density at radius 3 is 2.21 bits per heavy atom. The predicted molar refractivity (Wildman–Crippen MR) is 73.9 cm³/mol. The van der Waals surface area contributed by atoms with Gasteiger partial charge in [0.05, 0.1) is 5.92 Å². The molecule has 0 fully saturated rings. The summed E-state index contributed by atoms with van der Waals surface area (Å²) in [4.78, 5) is 23.2. The molecule has 0 aliphatic heterocycles. The molecule has 2 N–H and O–H groups in total. The molecule has 0 bridgehead atoms. The lowest BCUT2D eigenvalue weighted by molar-refractivity contribution is -0.142. The number of rotatable bonds is 6. The highest BCUT2D eigenvalue weighted by Gasteiger charge is 2.24. The smallest absolute Gasteiger partial charge is 0.326 e. The molecule has 1 aromatic rings. The van der Waals surface area contributed by atoms with E-state index in [1.807, 2.05) is 44.2 Å². The average molecular weight is 263 g/mol. The Morgan fingerprint density at radius 2 is 1.74 bits per heavy atom. The van der Waals surface area contributed by atoms with Gasteiger partial charge in [0.1, 0.15) is 6.04 Å². The molecule has 104 valence electrons. The molecule has 4 heteroatoms. The molecule has 0 radical (unpaired) electrons. The van der Waals surface area contributed by atoms with Gasteiger partial charge in [-0.25, -0.2) is 4.79 Å². The standard InChI is InChI=1S/C15H21NO3/c1-10(2)9-13(15(18)19)16-14(17)11(3)12-7-5-4-6-8-12/h4-8,10-11,13H,9H2,1-3H3,(H,16,17)(H,18,19)/t11-,13+/m0/s1. The zero-order valence-electron chi connectivity index (χ0n) is 11.6. The van der Waals surface area contributed by atoms with Crippen molar-refractivity contribution in [3.63, 3.8) is 0 Å². The number of aliphatic carboxylic acids is 1. The van der Waals surface area contributed by atoms with Crippen molar-refractivity contribution >= 4 is 11.9 Å². The summed E-state index contributed by atoms with van der Waals surface area (Å²) in [5.41, 5.74) is 0.883. The fourth-order valence-electron chi connectivity index (χ4n) is 1.88. The highest BCUT2D eigenvalue weighted by molar-refractivity contribution is 5.87. The van der Waals surface area contributed by atoms with E-state index in [9.17, 15) is 9.59 Å². The van der Waals surface area contributed by atoms with Gasteiger partial charge in [0.25, 0.3) is 0 Å². The van der Waals surface area contributed by atoms with Crippen molar-refractivity contribution in [3.05, 3.63) is 35.9 Å². The first-order valence-corrected chi connectivity index (χ1v) is 6.50. The third-order valence-electron chi connectivity index (χ3n) is 3.01. The lowest BCUT2D eigenvalue weighted by Gasteiger charge is -2.19. The van der Waals surface area contributed by atoms with Crippen molar-refractivity contribution in [1.29, 1.82) is 0 Å². The van der Waals surface area contributed by atoms with Crippen molar-refractivity contribution in [3.8, 4) is 0 Å². The number of hydrogen-bond acceptors (Lipinski definition) is 2. The van der Waals surface area contributed by atoms with E-state index in [0.29, 0.717) is 6.42 Å². The summed E-state index contributed by atoms with van der Waals surface area (Å²) < 4.78 is 0. The third-order valence-corrected chi connectivity index (χ3v) is 3.01. The molecule has 2 atom stereocenters. The van der Waals surface area contributed by atoms with Crippen LogP contribution < -0.4 is 5.32 Å². The molecule has 4 nitrogen and oxygen atoms in total. The maximum absolute atomic E-state index is 12.1. The van der Waals surface area contributed by atoms with Gasteiger partial charge in [0.15, 0.2) is 0 Å². The van der Waals surface area contributed by atoms with Crippen LogP contribution in [0.2, 0.25) is 0 Å². The quantitative estimate of drug-likeness (QED) is 0.828. The molecule has 0 heterocycles. The average Bonchev–Trinajstić information content (AvgIpc) is 2.37. The lowest BCUT2D eigenvalue weighted by atomic mass is 9.98. The summed E-state index contributed by atoms with van der Waals surface area (Å²) >= 11 is 0. The molecule has 0 aromatic heterocycles. The van der Waals surface area contributed by atoms with Crippen LogP contribution in [-0.2, 0) is 9.59 Å². The molecule has 1 aromatic carbocycles. The Balaban J connectivity index is 2.69. The number of amides is 1. The second-order valence-corrected chi connectivity index (χ2v) is 5.16. The largest absolute Gasteiger partial charge is 0.480 e. The molecule has 1 rings (SSSR count). The van der Waals surface area contributed by atoms with Gasteiger partial charge in [-0.1, -0.05) is 44.2 Å². The summed E-state index contributed by atoms with van der Waals surface area (Å²) in [6.45, 7) is 5.64. The van der Waals surface area contributed by atoms with Crippen molar-refractivity contribution < 1.29 is 14.7 Å². The van der Waals surface area contributed by atoms with Crippen LogP contribution in [0.4, 0.5) is 0 Å². The Kier molecular flexibility index (Phi) is 5.55. The molecule has 0 aliphatic rings. The monoisotopic (exact) mass is 263 g/mol. The van der Waals surface area contributed by atoms with Crippen LogP contribution in [-0.4, -0.2) is 23.0 Å². The maximum atomic E-state index is 12.1. The van der Waals surface area contributed by atoms with Gasteiger partial charge in [-0.15, -0.1) is 0 Å². The SMILES string of the molecule is CC(C)C[C@@H](NC(=O)[C@@H](C)c1ccccc1)C(=O)O. The summed E-state index contributed by atoms with van der Waals surface area (Å²) in [5, 5.41) is 11.7. The van der Waals surface area contributed by atoms with E-state index < -0.39 is 12.0 Å². The number of hydrogen-bond donors (Lipinski definition) is 2. The number of carbonyl (C=O) groups excluding carboxylic acids is 1. The van der Waals surface area contributed by atoms with Gasteiger partial charge in [-0.05, 0) is 24.8 Å². The second-order valence-electron chi connectivity index (χ2n) is 5.16. The molecule has 0 unspecified atom stereocenters. The van der Waals surface area contributed by atoms with Crippen molar-refractivity contribution in [1.82, 2.24) is 5.32 Å². The fourth-order valence-corrected chi connectivity index (χ4v) is 1.88. The summed E-state index contributed by atoms with van der Waals surface area (Å²) in [6.07, 6.45) is 0.433. The van der Waals surface area contributed by atoms with E-state index in [1.54, 1.807) is 6.92 Å². The molecular weight excluding hydrogens is 242 g/mol. The van der Waals surface area contributed by atoms with Gasteiger partial charge < -0.3 is 10.4 Å². The molecular formula is C15H21NO3. The van der Waals surface area contributed by atoms with E-state index in [-0.39, 0.29) is 17.7 Å². The number of carboxylic acids is 1. The number of nitrogens with one attached hydrogen (secondary N) is 1. The van der Waals surface area contributed by atoms with E-state index in [4.69, 9.17) is 5.11 Å². The van der Waals surface area contributed by atoms with E-state index in [0.717, 1.165) is 5.56 Å². The Hall–Kier alpha value is -1.84. The minimum Gasteiger partial charge on any atom is -0.480 e.